The summed E-state index contributed by atoms with van der Waals surface area (Å²) < 4.78 is 0. The molecule has 0 aromatic heterocycles. The minimum absolute atomic E-state index is 0. The van der Waals surface area contributed by atoms with E-state index in [1.54, 1.807) is 0 Å². The van der Waals surface area contributed by atoms with Crippen LogP contribution >= 0.6 is 12.4 Å². The fraction of sp³-hybridized carbons (Fsp3) is 0.938. The SMILES string of the molecule is CC1CCCCC1NC(=O)CN1CCCC(CCN)C1.Cl. The summed E-state index contributed by atoms with van der Waals surface area (Å²) in [5.41, 5.74) is 5.65. The van der Waals surface area contributed by atoms with Gasteiger partial charge in [0.25, 0.3) is 0 Å². The van der Waals surface area contributed by atoms with Crippen molar-refractivity contribution in [3.05, 3.63) is 0 Å². The van der Waals surface area contributed by atoms with Gasteiger partial charge >= 0.3 is 0 Å². The van der Waals surface area contributed by atoms with E-state index in [4.69, 9.17) is 5.73 Å². The summed E-state index contributed by atoms with van der Waals surface area (Å²) in [5, 5.41) is 3.26. The normalized spacial score (nSPS) is 30.5. The van der Waals surface area contributed by atoms with Gasteiger partial charge in [-0.2, -0.15) is 0 Å². The Hall–Kier alpha value is -0.320. The number of piperidine rings is 1. The molecule has 4 nitrogen and oxygen atoms in total. The monoisotopic (exact) mass is 317 g/mol. The molecule has 0 bridgehead atoms. The van der Waals surface area contributed by atoms with E-state index in [2.05, 4.69) is 17.1 Å². The lowest BCUT2D eigenvalue weighted by molar-refractivity contribution is -0.124. The lowest BCUT2D eigenvalue weighted by Crippen LogP contribution is -2.47. The molecule has 3 unspecified atom stereocenters. The molecule has 0 radical (unpaired) electrons. The molecule has 1 aliphatic carbocycles. The van der Waals surface area contributed by atoms with Crippen LogP contribution in [0.3, 0.4) is 0 Å². The van der Waals surface area contributed by atoms with Crippen LogP contribution in [-0.2, 0) is 4.79 Å². The number of carbonyl (C=O) groups is 1. The minimum Gasteiger partial charge on any atom is -0.352 e. The molecule has 0 aromatic carbocycles. The lowest BCUT2D eigenvalue weighted by atomic mass is 9.86. The number of carbonyl (C=O) groups excluding carboxylic acids is 1. The first-order valence-corrected chi connectivity index (χ1v) is 8.41. The number of nitrogens with zero attached hydrogens (tertiary/aromatic N) is 1. The molecule has 0 spiro atoms. The van der Waals surface area contributed by atoms with E-state index in [0.717, 1.165) is 32.5 Å². The fourth-order valence-electron chi connectivity index (χ4n) is 3.75. The maximum Gasteiger partial charge on any atom is 0.234 e. The number of likely N-dealkylation sites (tertiary alicyclic amines) is 1. The van der Waals surface area contributed by atoms with Crippen LogP contribution in [0.4, 0.5) is 0 Å². The zero-order chi connectivity index (χ0) is 14.4. The summed E-state index contributed by atoms with van der Waals surface area (Å²) in [6.07, 6.45) is 8.57. The quantitative estimate of drug-likeness (QED) is 0.817. The second kappa shape index (κ2) is 9.65. The Morgan fingerprint density at radius 1 is 1.24 bits per heavy atom. The Morgan fingerprint density at radius 3 is 2.71 bits per heavy atom. The van der Waals surface area contributed by atoms with Gasteiger partial charge in [0, 0.05) is 12.6 Å². The van der Waals surface area contributed by atoms with E-state index < -0.39 is 0 Å². The van der Waals surface area contributed by atoms with Crippen molar-refractivity contribution in [2.75, 3.05) is 26.2 Å². The number of hydrogen-bond acceptors (Lipinski definition) is 3. The summed E-state index contributed by atoms with van der Waals surface area (Å²) in [4.78, 5) is 14.5. The van der Waals surface area contributed by atoms with E-state index in [1.807, 2.05) is 0 Å². The molecule has 124 valence electrons. The number of nitrogens with one attached hydrogen (secondary N) is 1. The third-order valence-electron chi connectivity index (χ3n) is 5.00. The van der Waals surface area contributed by atoms with Crippen molar-refractivity contribution in [1.29, 1.82) is 0 Å². The summed E-state index contributed by atoms with van der Waals surface area (Å²) in [5.74, 6) is 1.55. The second-order valence-corrected chi connectivity index (χ2v) is 6.76. The largest absolute Gasteiger partial charge is 0.352 e. The van der Waals surface area contributed by atoms with E-state index in [0.29, 0.717) is 24.4 Å². The van der Waals surface area contributed by atoms with Gasteiger partial charge in [0.15, 0.2) is 0 Å². The van der Waals surface area contributed by atoms with Gasteiger partial charge in [0.2, 0.25) is 5.91 Å². The first-order valence-electron chi connectivity index (χ1n) is 8.41. The Morgan fingerprint density at radius 2 is 2.00 bits per heavy atom. The smallest absolute Gasteiger partial charge is 0.234 e. The summed E-state index contributed by atoms with van der Waals surface area (Å²) >= 11 is 0. The molecular weight excluding hydrogens is 286 g/mol. The van der Waals surface area contributed by atoms with Crippen molar-refractivity contribution in [2.24, 2.45) is 17.6 Å². The fourth-order valence-corrected chi connectivity index (χ4v) is 3.75. The maximum absolute atomic E-state index is 12.2. The highest BCUT2D eigenvalue weighted by atomic mass is 35.5. The molecule has 1 amide bonds. The molecule has 2 fully saturated rings. The van der Waals surface area contributed by atoms with Gasteiger partial charge in [-0.3, -0.25) is 9.69 Å². The van der Waals surface area contributed by atoms with Crippen LogP contribution in [0.5, 0.6) is 0 Å². The number of hydrogen-bond donors (Lipinski definition) is 2. The summed E-state index contributed by atoms with van der Waals surface area (Å²) in [6, 6.07) is 0.404. The molecule has 1 saturated heterocycles. The molecule has 2 rings (SSSR count). The van der Waals surface area contributed by atoms with Crippen molar-refractivity contribution in [3.8, 4) is 0 Å². The van der Waals surface area contributed by atoms with Gasteiger partial charge in [0.1, 0.15) is 0 Å². The molecule has 2 aliphatic rings. The average molecular weight is 318 g/mol. The van der Waals surface area contributed by atoms with Crippen molar-refractivity contribution in [1.82, 2.24) is 10.2 Å². The van der Waals surface area contributed by atoms with Gasteiger partial charge in [-0.15, -0.1) is 12.4 Å². The molecule has 21 heavy (non-hydrogen) atoms. The second-order valence-electron chi connectivity index (χ2n) is 6.76. The topological polar surface area (TPSA) is 58.4 Å². The van der Waals surface area contributed by atoms with Crippen molar-refractivity contribution >= 4 is 18.3 Å². The zero-order valence-corrected chi connectivity index (χ0v) is 14.2. The van der Waals surface area contributed by atoms with Crippen molar-refractivity contribution in [2.45, 2.75) is 57.9 Å². The van der Waals surface area contributed by atoms with Crippen LogP contribution in [0.15, 0.2) is 0 Å². The Balaban J connectivity index is 0.00000220. The van der Waals surface area contributed by atoms with E-state index in [1.165, 1.54) is 32.1 Å². The van der Waals surface area contributed by atoms with Crippen LogP contribution < -0.4 is 11.1 Å². The van der Waals surface area contributed by atoms with E-state index in [-0.39, 0.29) is 18.3 Å². The minimum atomic E-state index is 0. The van der Waals surface area contributed by atoms with Gasteiger partial charge < -0.3 is 11.1 Å². The average Bonchev–Trinajstić information content (AvgIpc) is 2.42. The van der Waals surface area contributed by atoms with Crippen LogP contribution in [-0.4, -0.2) is 43.0 Å². The Labute approximate surface area is 135 Å². The maximum atomic E-state index is 12.2. The van der Waals surface area contributed by atoms with E-state index in [9.17, 15) is 4.79 Å². The van der Waals surface area contributed by atoms with Crippen LogP contribution in [0.1, 0.15) is 51.9 Å². The number of nitrogens with two attached hydrogens (primary N) is 1. The number of rotatable bonds is 5. The molecule has 3 atom stereocenters. The molecule has 3 N–H and O–H groups in total. The molecular formula is C16H32ClN3O. The standard InChI is InChI=1S/C16H31N3O.ClH/c1-13-5-2-3-7-15(13)18-16(20)12-19-10-4-6-14(11-19)8-9-17;/h13-15H,2-12,17H2,1H3,(H,18,20);1H. The van der Waals surface area contributed by atoms with Crippen LogP contribution in [0.25, 0.3) is 0 Å². The molecule has 0 aromatic rings. The Bertz CT molecular complexity index is 312. The molecule has 1 heterocycles. The van der Waals surface area contributed by atoms with Crippen LogP contribution in [0.2, 0.25) is 0 Å². The summed E-state index contributed by atoms with van der Waals surface area (Å²) in [7, 11) is 0. The number of halogens is 1. The van der Waals surface area contributed by atoms with Gasteiger partial charge in [-0.25, -0.2) is 0 Å². The highest BCUT2D eigenvalue weighted by Gasteiger charge is 2.25. The van der Waals surface area contributed by atoms with Gasteiger partial charge in [-0.05, 0) is 57.0 Å². The molecule has 1 saturated carbocycles. The predicted molar refractivity (Wildman–Crippen MR) is 89.6 cm³/mol. The highest BCUT2D eigenvalue weighted by Crippen LogP contribution is 2.24. The van der Waals surface area contributed by atoms with Crippen molar-refractivity contribution in [3.63, 3.8) is 0 Å². The first kappa shape index (κ1) is 18.7. The molecule has 5 heteroatoms. The Kier molecular flexibility index (Phi) is 8.60. The zero-order valence-electron chi connectivity index (χ0n) is 13.4. The third-order valence-corrected chi connectivity index (χ3v) is 5.00. The van der Waals surface area contributed by atoms with Crippen molar-refractivity contribution < 1.29 is 4.79 Å². The summed E-state index contributed by atoms with van der Waals surface area (Å²) in [6.45, 7) is 5.72. The van der Waals surface area contributed by atoms with Gasteiger partial charge in [0.05, 0.1) is 6.54 Å². The highest BCUT2D eigenvalue weighted by molar-refractivity contribution is 5.85. The third kappa shape index (κ3) is 6.13. The first-order chi connectivity index (χ1) is 9.69. The predicted octanol–water partition coefficient (Wildman–Crippen LogP) is 2.16. The van der Waals surface area contributed by atoms with Gasteiger partial charge in [-0.1, -0.05) is 19.8 Å². The van der Waals surface area contributed by atoms with Crippen LogP contribution in [0, 0.1) is 11.8 Å². The lowest BCUT2D eigenvalue weighted by Gasteiger charge is -2.34. The number of amides is 1. The molecule has 1 aliphatic heterocycles. The van der Waals surface area contributed by atoms with E-state index >= 15 is 0 Å².